The molecule has 0 spiro atoms. The lowest BCUT2D eigenvalue weighted by atomic mass is 10.3. The predicted molar refractivity (Wildman–Crippen MR) is 84.6 cm³/mol. The maximum atomic E-state index is 6.11. The first-order chi connectivity index (χ1) is 9.72. The summed E-state index contributed by atoms with van der Waals surface area (Å²) < 4.78 is 2.21. The van der Waals surface area contributed by atoms with Crippen molar-refractivity contribution in [3.8, 4) is 0 Å². The zero-order valence-corrected chi connectivity index (χ0v) is 13.2. The van der Waals surface area contributed by atoms with Gasteiger partial charge in [-0.25, -0.2) is 4.98 Å². The summed E-state index contributed by atoms with van der Waals surface area (Å²) in [5.41, 5.74) is 2.06. The number of hydrogen-bond donors (Lipinski definition) is 0. The number of likely N-dealkylation sites (N-methyl/N-ethyl adjacent to an activating group) is 1. The number of hydrogen-bond acceptors (Lipinski definition) is 2. The molecule has 20 heavy (non-hydrogen) atoms. The van der Waals surface area contributed by atoms with Crippen molar-refractivity contribution in [3.63, 3.8) is 0 Å². The molecule has 2 aromatic rings. The van der Waals surface area contributed by atoms with Crippen molar-refractivity contribution < 1.29 is 0 Å². The summed E-state index contributed by atoms with van der Waals surface area (Å²) in [4.78, 5) is 7.13. The highest BCUT2D eigenvalue weighted by molar-refractivity contribution is 6.31. The molecule has 108 valence electrons. The van der Waals surface area contributed by atoms with Gasteiger partial charge in [-0.3, -0.25) is 4.90 Å². The van der Waals surface area contributed by atoms with Gasteiger partial charge < -0.3 is 4.57 Å². The first-order valence-electron chi connectivity index (χ1n) is 7.17. The summed E-state index contributed by atoms with van der Waals surface area (Å²) in [6, 6.07) is 6.61. The molecule has 3 nitrogen and oxygen atoms in total. The monoisotopic (exact) mass is 311 g/mol. The Bertz CT molecular complexity index is 604. The van der Waals surface area contributed by atoms with Crippen LogP contribution in [0, 0.1) is 0 Å². The Morgan fingerprint density at radius 3 is 2.85 bits per heavy atom. The fraction of sp³-hybridized carbons (Fsp3) is 0.533. The normalized spacial score (nSPS) is 15.4. The summed E-state index contributed by atoms with van der Waals surface area (Å²) in [6.07, 6.45) is 2.68. The van der Waals surface area contributed by atoms with Crippen LogP contribution in [-0.2, 0) is 12.4 Å². The Kier molecular flexibility index (Phi) is 4.20. The quantitative estimate of drug-likeness (QED) is 0.754. The molecule has 5 heteroatoms. The number of benzene rings is 1. The summed E-state index contributed by atoms with van der Waals surface area (Å²) in [5.74, 6) is 1.36. The molecule has 0 atom stereocenters. The second-order valence-electron chi connectivity index (χ2n) is 5.31. The van der Waals surface area contributed by atoms with E-state index in [2.05, 4.69) is 21.4 Å². The first-order valence-corrected chi connectivity index (χ1v) is 8.09. The number of fused-ring (bicyclic) bond motifs is 1. The second-order valence-corrected chi connectivity index (χ2v) is 6.01. The molecule has 0 radical (unpaired) electrons. The Hall–Kier alpha value is -0.770. The van der Waals surface area contributed by atoms with Crippen molar-refractivity contribution in [3.05, 3.63) is 29.0 Å². The van der Waals surface area contributed by atoms with E-state index in [1.54, 1.807) is 0 Å². The number of imidazole rings is 1. The number of halogens is 2. The Morgan fingerprint density at radius 1 is 1.40 bits per heavy atom. The summed E-state index contributed by atoms with van der Waals surface area (Å²) in [6.45, 7) is 5.30. The van der Waals surface area contributed by atoms with Gasteiger partial charge in [-0.1, -0.05) is 18.5 Å². The molecule has 1 aromatic heterocycles. The van der Waals surface area contributed by atoms with Crippen LogP contribution in [-0.4, -0.2) is 33.6 Å². The predicted octanol–water partition coefficient (Wildman–Crippen LogP) is 3.91. The lowest BCUT2D eigenvalue weighted by Crippen LogP contribution is -2.29. The average Bonchev–Trinajstić information content (AvgIpc) is 3.22. The topological polar surface area (TPSA) is 21.1 Å². The Balaban J connectivity index is 1.86. The van der Waals surface area contributed by atoms with Crippen LogP contribution in [0.3, 0.4) is 0 Å². The molecule has 1 fully saturated rings. The van der Waals surface area contributed by atoms with Gasteiger partial charge in [0.1, 0.15) is 5.82 Å². The van der Waals surface area contributed by atoms with Gasteiger partial charge in [0, 0.05) is 24.2 Å². The largest absolute Gasteiger partial charge is 0.326 e. The van der Waals surface area contributed by atoms with Crippen LogP contribution in [0.5, 0.6) is 0 Å². The molecule has 1 aliphatic rings. The lowest BCUT2D eigenvalue weighted by molar-refractivity contribution is 0.266. The van der Waals surface area contributed by atoms with E-state index >= 15 is 0 Å². The van der Waals surface area contributed by atoms with Crippen LogP contribution < -0.4 is 0 Å². The standard InChI is InChI=1S/C15H19Cl2N3/c1-2-19(12-4-5-12)7-8-20-14-9-11(17)3-6-13(14)18-15(20)10-16/h3,6,9,12H,2,4-5,7-8,10H2,1H3. The van der Waals surface area contributed by atoms with Crippen molar-refractivity contribution in [1.82, 2.24) is 14.5 Å². The van der Waals surface area contributed by atoms with E-state index in [0.29, 0.717) is 5.88 Å². The molecule has 0 aliphatic heterocycles. The molecule has 1 aliphatic carbocycles. The van der Waals surface area contributed by atoms with Crippen molar-refractivity contribution in [2.24, 2.45) is 0 Å². The van der Waals surface area contributed by atoms with Crippen molar-refractivity contribution >= 4 is 34.2 Å². The van der Waals surface area contributed by atoms with Crippen molar-refractivity contribution in [2.75, 3.05) is 13.1 Å². The van der Waals surface area contributed by atoms with Gasteiger partial charge in [0.05, 0.1) is 16.9 Å². The van der Waals surface area contributed by atoms with E-state index in [9.17, 15) is 0 Å². The molecule has 0 N–H and O–H groups in total. The van der Waals surface area contributed by atoms with E-state index in [1.807, 2.05) is 18.2 Å². The van der Waals surface area contributed by atoms with Gasteiger partial charge in [-0.05, 0) is 37.6 Å². The fourth-order valence-corrected chi connectivity index (χ4v) is 3.13. The maximum absolute atomic E-state index is 6.11. The smallest absolute Gasteiger partial charge is 0.124 e. The van der Waals surface area contributed by atoms with E-state index in [4.69, 9.17) is 23.2 Å². The lowest BCUT2D eigenvalue weighted by Gasteiger charge is -2.20. The van der Waals surface area contributed by atoms with Gasteiger partial charge in [0.25, 0.3) is 0 Å². The molecular formula is C15H19Cl2N3. The number of alkyl halides is 1. The molecule has 1 aromatic carbocycles. The molecule has 3 rings (SSSR count). The van der Waals surface area contributed by atoms with Crippen LogP contribution in [0.1, 0.15) is 25.6 Å². The summed E-state index contributed by atoms with van der Waals surface area (Å²) in [7, 11) is 0. The van der Waals surface area contributed by atoms with Gasteiger partial charge in [-0.15, -0.1) is 11.6 Å². The maximum Gasteiger partial charge on any atom is 0.124 e. The fourth-order valence-electron chi connectivity index (χ4n) is 2.76. The third-order valence-electron chi connectivity index (χ3n) is 3.99. The average molecular weight is 312 g/mol. The highest BCUT2D eigenvalue weighted by atomic mass is 35.5. The minimum atomic E-state index is 0.432. The number of aromatic nitrogens is 2. The Labute approximate surface area is 129 Å². The Morgan fingerprint density at radius 2 is 2.20 bits per heavy atom. The molecule has 0 saturated heterocycles. The summed E-state index contributed by atoms with van der Waals surface area (Å²) in [5, 5.41) is 0.745. The SMILES string of the molecule is CCN(CCn1c(CCl)nc2ccc(Cl)cc21)C1CC1. The zero-order chi connectivity index (χ0) is 14.1. The number of rotatable bonds is 6. The third kappa shape index (κ3) is 2.80. The molecule has 0 bridgehead atoms. The van der Waals surface area contributed by atoms with Crippen molar-refractivity contribution in [2.45, 2.75) is 38.2 Å². The van der Waals surface area contributed by atoms with E-state index in [0.717, 1.165) is 47.6 Å². The van der Waals surface area contributed by atoms with E-state index < -0.39 is 0 Å². The molecule has 1 heterocycles. The minimum absolute atomic E-state index is 0.432. The van der Waals surface area contributed by atoms with Crippen LogP contribution in [0.15, 0.2) is 18.2 Å². The van der Waals surface area contributed by atoms with E-state index in [-0.39, 0.29) is 0 Å². The molecular weight excluding hydrogens is 293 g/mol. The third-order valence-corrected chi connectivity index (χ3v) is 4.46. The molecule has 0 unspecified atom stereocenters. The van der Waals surface area contributed by atoms with Crippen LogP contribution in [0.25, 0.3) is 11.0 Å². The second kappa shape index (κ2) is 5.92. The van der Waals surface area contributed by atoms with Gasteiger partial charge >= 0.3 is 0 Å². The van der Waals surface area contributed by atoms with Crippen LogP contribution in [0.4, 0.5) is 0 Å². The van der Waals surface area contributed by atoms with Gasteiger partial charge in [0.15, 0.2) is 0 Å². The summed E-state index contributed by atoms with van der Waals surface area (Å²) >= 11 is 12.1. The highest BCUT2D eigenvalue weighted by Crippen LogP contribution is 2.27. The van der Waals surface area contributed by atoms with E-state index in [1.165, 1.54) is 12.8 Å². The van der Waals surface area contributed by atoms with Crippen LogP contribution in [0.2, 0.25) is 5.02 Å². The molecule has 1 saturated carbocycles. The van der Waals surface area contributed by atoms with Crippen molar-refractivity contribution in [1.29, 1.82) is 0 Å². The van der Waals surface area contributed by atoms with Gasteiger partial charge in [0.2, 0.25) is 0 Å². The minimum Gasteiger partial charge on any atom is -0.326 e. The highest BCUT2D eigenvalue weighted by Gasteiger charge is 2.27. The first kappa shape index (κ1) is 14.2. The number of nitrogens with zero attached hydrogens (tertiary/aromatic N) is 3. The molecule has 0 amide bonds. The zero-order valence-electron chi connectivity index (χ0n) is 11.6. The van der Waals surface area contributed by atoms with Gasteiger partial charge in [-0.2, -0.15) is 0 Å². The van der Waals surface area contributed by atoms with Crippen LogP contribution >= 0.6 is 23.2 Å².